The molecule has 0 fully saturated rings. The minimum atomic E-state index is -0.800. The molecule has 0 radical (unpaired) electrons. The number of alkyl halides is 1. The molecule has 7 heteroatoms. The van der Waals surface area contributed by atoms with Crippen molar-refractivity contribution in [2.24, 2.45) is 5.41 Å². The highest BCUT2D eigenvalue weighted by atomic mass is 35.5. The summed E-state index contributed by atoms with van der Waals surface area (Å²) >= 11 is 6.20. The number of aromatic nitrogens is 2. The first-order valence-electron chi connectivity index (χ1n) is 9.55. The summed E-state index contributed by atoms with van der Waals surface area (Å²) < 4.78 is 18.3. The lowest BCUT2D eigenvalue weighted by atomic mass is 9.87. The van der Waals surface area contributed by atoms with E-state index in [1.165, 1.54) is 7.11 Å². The molecule has 6 nitrogen and oxygen atoms in total. The van der Waals surface area contributed by atoms with E-state index in [2.05, 4.69) is 4.98 Å². The minimum absolute atomic E-state index is 0.246. The van der Waals surface area contributed by atoms with Crippen molar-refractivity contribution in [1.82, 2.24) is 9.55 Å². The van der Waals surface area contributed by atoms with Gasteiger partial charge in [-0.15, -0.1) is 11.6 Å². The van der Waals surface area contributed by atoms with E-state index in [4.69, 9.17) is 25.8 Å². The summed E-state index contributed by atoms with van der Waals surface area (Å²) in [6.07, 6.45) is 2.78. The number of carbonyl (C=O) groups excluding carboxylic acids is 1. The normalized spacial score (nSPS) is 13.3. The Morgan fingerprint density at radius 1 is 1.10 bits per heavy atom. The van der Waals surface area contributed by atoms with E-state index < -0.39 is 23.9 Å². The molecule has 2 unspecified atom stereocenters. The van der Waals surface area contributed by atoms with Crippen LogP contribution in [-0.2, 0) is 9.47 Å². The third kappa shape index (κ3) is 5.13. The summed E-state index contributed by atoms with van der Waals surface area (Å²) in [7, 11) is 1.27. The van der Waals surface area contributed by atoms with Gasteiger partial charge >= 0.3 is 6.16 Å². The summed E-state index contributed by atoms with van der Waals surface area (Å²) in [4.78, 5) is 16.1. The Morgan fingerprint density at radius 3 is 2.33 bits per heavy atom. The van der Waals surface area contributed by atoms with E-state index in [9.17, 15) is 4.79 Å². The molecule has 0 amide bonds. The summed E-state index contributed by atoms with van der Waals surface area (Å²) in [5, 5.41) is 0. The molecule has 1 heterocycles. The predicted octanol–water partition coefficient (Wildman–Crippen LogP) is 5.54. The van der Waals surface area contributed by atoms with Gasteiger partial charge in [-0.05, 0) is 23.3 Å². The van der Waals surface area contributed by atoms with Crippen LogP contribution in [0.5, 0.6) is 5.75 Å². The van der Waals surface area contributed by atoms with Gasteiger partial charge in [-0.3, -0.25) is 4.57 Å². The van der Waals surface area contributed by atoms with E-state index in [-0.39, 0.29) is 5.88 Å². The fourth-order valence-corrected chi connectivity index (χ4v) is 3.18. The first-order chi connectivity index (χ1) is 14.4. The number of halogens is 1. The van der Waals surface area contributed by atoms with Crippen molar-refractivity contribution in [3.05, 3.63) is 73.3 Å². The Hall–Kier alpha value is -2.99. The first kappa shape index (κ1) is 21.7. The molecule has 0 aliphatic heterocycles. The number of hydrogen-bond donors (Lipinski definition) is 0. The maximum Gasteiger partial charge on any atom is 0.508 e. The fraction of sp³-hybridized carbons (Fsp3) is 0.304. The van der Waals surface area contributed by atoms with Crippen molar-refractivity contribution in [3.8, 4) is 16.9 Å². The van der Waals surface area contributed by atoms with Gasteiger partial charge in [0.25, 0.3) is 0 Å². The predicted molar refractivity (Wildman–Crippen MR) is 116 cm³/mol. The van der Waals surface area contributed by atoms with E-state index in [0.29, 0.717) is 5.75 Å². The molecule has 0 spiro atoms. The highest BCUT2D eigenvalue weighted by molar-refractivity contribution is 6.18. The van der Waals surface area contributed by atoms with Crippen LogP contribution in [0.3, 0.4) is 0 Å². The van der Waals surface area contributed by atoms with Crippen LogP contribution in [0.2, 0.25) is 0 Å². The maximum absolute atomic E-state index is 11.9. The van der Waals surface area contributed by atoms with E-state index in [0.717, 1.165) is 11.1 Å². The van der Waals surface area contributed by atoms with Crippen molar-refractivity contribution in [1.29, 1.82) is 0 Å². The topological polar surface area (TPSA) is 62.6 Å². The van der Waals surface area contributed by atoms with Crippen LogP contribution in [0.15, 0.2) is 73.3 Å². The maximum atomic E-state index is 11.9. The Balaban J connectivity index is 1.91. The molecule has 158 valence electrons. The van der Waals surface area contributed by atoms with Gasteiger partial charge in [0.05, 0.1) is 13.4 Å². The molecule has 1 aromatic heterocycles. The number of methoxy groups -OCH3 is 1. The third-order valence-electron chi connectivity index (χ3n) is 4.80. The van der Waals surface area contributed by atoms with Crippen LogP contribution >= 0.6 is 11.6 Å². The van der Waals surface area contributed by atoms with Crippen molar-refractivity contribution in [2.45, 2.75) is 26.2 Å². The molecule has 0 aliphatic rings. The first-order valence-corrected chi connectivity index (χ1v) is 10.1. The zero-order valence-electron chi connectivity index (χ0n) is 17.2. The van der Waals surface area contributed by atoms with Crippen molar-refractivity contribution in [3.63, 3.8) is 0 Å². The Labute approximate surface area is 181 Å². The average Bonchev–Trinajstić information content (AvgIpc) is 3.31. The van der Waals surface area contributed by atoms with Crippen LogP contribution in [0.25, 0.3) is 11.1 Å². The minimum Gasteiger partial charge on any atom is -0.466 e. The van der Waals surface area contributed by atoms with Crippen molar-refractivity contribution >= 4 is 17.8 Å². The van der Waals surface area contributed by atoms with E-state index >= 15 is 0 Å². The molecule has 0 bridgehead atoms. The number of rotatable bonds is 8. The molecule has 0 N–H and O–H groups in total. The number of imidazole rings is 1. The lowest BCUT2D eigenvalue weighted by Crippen LogP contribution is -2.44. The third-order valence-corrected chi connectivity index (χ3v) is 5.49. The summed E-state index contributed by atoms with van der Waals surface area (Å²) in [5.41, 5.74) is 1.59. The highest BCUT2D eigenvalue weighted by Gasteiger charge is 2.41. The number of hydrogen-bond acceptors (Lipinski definition) is 5. The lowest BCUT2D eigenvalue weighted by Gasteiger charge is -2.37. The van der Waals surface area contributed by atoms with Crippen molar-refractivity contribution < 1.29 is 19.0 Å². The summed E-state index contributed by atoms with van der Waals surface area (Å²) in [6, 6.07) is 17.8. The smallest absolute Gasteiger partial charge is 0.466 e. The molecule has 0 saturated heterocycles. The molecular weight excluding hydrogens is 404 g/mol. The highest BCUT2D eigenvalue weighted by Crippen LogP contribution is 2.35. The zero-order valence-corrected chi connectivity index (χ0v) is 18.0. The Morgan fingerprint density at radius 2 is 1.77 bits per heavy atom. The molecule has 30 heavy (non-hydrogen) atoms. The fourth-order valence-electron chi connectivity index (χ4n) is 3.03. The largest absolute Gasteiger partial charge is 0.508 e. The van der Waals surface area contributed by atoms with Gasteiger partial charge in [0.1, 0.15) is 5.75 Å². The second-order valence-electron chi connectivity index (χ2n) is 7.52. The molecule has 3 aromatic rings. The van der Waals surface area contributed by atoms with Gasteiger partial charge in [0.15, 0.2) is 6.10 Å². The number of carbonyl (C=O) groups is 1. The van der Waals surface area contributed by atoms with Crippen LogP contribution in [0.1, 0.15) is 20.1 Å². The molecule has 3 rings (SSSR count). The van der Waals surface area contributed by atoms with Crippen LogP contribution in [-0.4, -0.2) is 34.8 Å². The van der Waals surface area contributed by atoms with Gasteiger partial charge in [0.2, 0.25) is 6.23 Å². The van der Waals surface area contributed by atoms with Gasteiger partial charge < -0.3 is 14.2 Å². The monoisotopic (exact) mass is 428 g/mol. The van der Waals surface area contributed by atoms with Gasteiger partial charge in [-0.1, -0.05) is 56.3 Å². The van der Waals surface area contributed by atoms with Crippen molar-refractivity contribution in [2.75, 3.05) is 13.0 Å². The zero-order chi connectivity index (χ0) is 21.6. The van der Waals surface area contributed by atoms with E-state index in [1.807, 2.05) is 68.4 Å². The number of ether oxygens (including phenoxy) is 3. The van der Waals surface area contributed by atoms with Gasteiger partial charge in [0, 0.05) is 23.7 Å². The lowest BCUT2D eigenvalue weighted by molar-refractivity contribution is -0.0899. The summed E-state index contributed by atoms with van der Waals surface area (Å²) in [5.74, 6) is 0.869. The second-order valence-corrected chi connectivity index (χ2v) is 7.79. The molecule has 0 saturated carbocycles. The van der Waals surface area contributed by atoms with Gasteiger partial charge in [-0.2, -0.15) is 0 Å². The second kappa shape index (κ2) is 9.67. The van der Waals surface area contributed by atoms with Crippen LogP contribution in [0, 0.1) is 5.41 Å². The average molecular weight is 429 g/mol. The summed E-state index contributed by atoms with van der Waals surface area (Å²) in [6.45, 7) is 3.80. The standard InChI is InChI=1S/C23H25ClN2O4/c1-23(2,15-24)20(30-22(27)28-3)21(26-14-13-25-16-26)29-19-11-9-18(10-12-19)17-7-5-4-6-8-17/h4-14,16,20-21H,15H2,1-3H3. The number of nitrogens with zero attached hydrogens (tertiary/aromatic N) is 2. The Bertz CT molecular complexity index is 928. The molecule has 0 aliphatic carbocycles. The van der Waals surface area contributed by atoms with Crippen LogP contribution < -0.4 is 4.74 Å². The van der Waals surface area contributed by atoms with Gasteiger partial charge in [-0.25, -0.2) is 9.78 Å². The molecular formula is C23H25ClN2O4. The van der Waals surface area contributed by atoms with E-state index in [1.54, 1.807) is 23.3 Å². The Kier molecular flexibility index (Phi) is 7.00. The van der Waals surface area contributed by atoms with Crippen LogP contribution in [0.4, 0.5) is 4.79 Å². The SMILES string of the molecule is COC(=O)OC(C(Oc1ccc(-c2ccccc2)cc1)n1ccnc1)C(C)(C)CCl. The molecule has 2 atom stereocenters. The number of benzene rings is 2. The molecule has 2 aromatic carbocycles. The quantitative estimate of drug-likeness (QED) is 0.348.